The van der Waals surface area contributed by atoms with Crippen LogP contribution >= 0.6 is 15.9 Å². The monoisotopic (exact) mass is 448 g/mol. The van der Waals surface area contributed by atoms with Crippen molar-refractivity contribution in [1.82, 2.24) is 10.9 Å². The number of hydrazine groups is 1. The normalized spacial score (nSPS) is 11.4. The van der Waals surface area contributed by atoms with Gasteiger partial charge in [0.05, 0.1) is 0 Å². The van der Waals surface area contributed by atoms with Crippen LogP contribution in [0.5, 0.6) is 11.5 Å². The maximum atomic E-state index is 11.8. The first-order valence-electron chi connectivity index (χ1n) is 9.08. The first-order valence-corrected chi connectivity index (χ1v) is 9.87. The molecule has 2 aromatic carbocycles. The molecule has 0 bridgehead atoms. The SMILES string of the molecule is CC[C@H](C)c1ccc(OCC(=O)NNC(=O)COc2ccc(Br)c(C)c2)cc1. The van der Waals surface area contributed by atoms with Crippen LogP contribution in [0.2, 0.25) is 0 Å². The van der Waals surface area contributed by atoms with Crippen LogP contribution < -0.4 is 20.3 Å². The number of hydrogen-bond acceptors (Lipinski definition) is 4. The summed E-state index contributed by atoms with van der Waals surface area (Å²) in [5.74, 6) is 0.732. The van der Waals surface area contributed by atoms with Gasteiger partial charge in [-0.25, -0.2) is 0 Å². The van der Waals surface area contributed by atoms with Crippen molar-refractivity contribution in [2.24, 2.45) is 0 Å². The number of aryl methyl sites for hydroxylation is 1. The van der Waals surface area contributed by atoms with Gasteiger partial charge in [0.15, 0.2) is 13.2 Å². The predicted octanol–water partition coefficient (Wildman–Crippen LogP) is 3.88. The molecule has 2 rings (SSSR count). The molecule has 2 aromatic rings. The number of carbonyl (C=O) groups is 2. The molecule has 0 saturated carbocycles. The van der Waals surface area contributed by atoms with Gasteiger partial charge in [0.1, 0.15) is 11.5 Å². The number of amides is 2. The van der Waals surface area contributed by atoms with E-state index in [2.05, 4.69) is 40.6 Å². The first kappa shape index (κ1) is 21.8. The van der Waals surface area contributed by atoms with E-state index in [4.69, 9.17) is 9.47 Å². The van der Waals surface area contributed by atoms with Crippen LogP contribution in [0.1, 0.15) is 37.3 Å². The number of benzene rings is 2. The molecule has 0 aliphatic heterocycles. The van der Waals surface area contributed by atoms with Crippen molar-refractivity contribution < 1.29 is 19.1 Å². The van der Waals surface area contributed by atoms with E-state index >= 15 is 0 Å². The average Bonchev–Trinajstić information content (AvgIpc) is 2.71. The summed E-state index contributed by atoms with van der Waals surface area (Å²) in [7, 11) is 0. The summed E-state index contributed by atoms with van der Waals surface area (Å²) in [5.41, 5.74) is 6.82. The maximum Gasteiger partial charge on any atom is 0.276 e. The van der Waals surface area contributed by atoms with E-state index in [0.29, 0.717) is 17.4 Å². The number of rotatable bonds is 8. The Morgan fingerprint density at radius 2 is 1.50 bits per heavy atom. The van der Waals surface area contributed by atoms with E-state index in [1.165, 1.54) is 5.56 Å². The fraction of sp³-hybridized carbons (Fsp3) is 0.333. The number of carbonyl (C=O) groups excluding carboxylic acids is 2. The number of ether oxygens (including phenoxy) is 2. The smallest absolute Gasteiger partial charge is 0.276 e. The van der Waals surface area contributed by atoms with Gasteiger partial charge >= 0.3 is 0 Å². The lowest BCUT2D eigenvalue weighted by Gasteiger charge is -2.12. The van der Waals surface area contributed by atoms with Gasteiger partial charge in [0.25, 0.3) is 11.8 Å². The van der Waals surface area contributed by atoms with E-state index < -0.39 is 11.8 Å². The fourth-order valence-electron chi connectivity index (χ4n) is 2.34. The third-order valence-electron chi connectivity index (χ3n) is 4.27. The molecule has 0 fully saturated rings. The molecule has 0 aliphatic carbocycles. The van der Waals surface area contributed by atoms with Crippen molar-refractivity contribution in [1.29, 1.82) is 0 Å². The summed E-state index contributed by atoms with van der Waals surface area (Å²) in [6.07, 6.45) is 1.06. The lowest BCUT2D eigenvalue weighted by molar-refractivity contribution is -0.131. The predicted molar refractivity (Wildman–Crippen MR) is 111 cm³/mol. The molecule has 6 nitrogen and oxygen atoms in total. The van der Waals surface area contributed by atoms with Crippen molar-refractivity contribution >= 4 is 27.7 Å². The Morgan fingerprint density at radius 3 is 2.04 bits per heavy atom. The molecule has 1 atom stereocenters. The van der Waals surface area contributed by atoms with E-state index in [9.17, 15) is 9.59 Å². The molecule has 0 radical (unpaired) electrons. The van der Waals surface area contributed by atoms with E-state index in [0.717, 1.165) is 16.5 Å². The van der Waals surface area contributed by atoms with Crippen molar-refractivity contribution in [3.8, 4) is 11.5 Å². The van der Waals surface area contributed by atoms with Gasteiger partial charge in [-0.3, -0.25) is 20.4 Å². The highest BCUT2D eigenvalue weighted by Crippen LogP contribution is 2.22. The molecule has 2 amide bonds. The number of hydrogen-bond donors (Lipinski definition) is 2. The topological polar surface area (TPSA) is 76.7 Å². The summed E-state index contributed by atoms with van der Waals surface area (Å²) in [4.78, 5) is 23.6. The molecule has 7 heteroatoms. The lowest BCUT2D eigenvalue weighted by Crippen LogP contribution is -2.45. The zero-order valence-electron chi connectivity index (χ0n) is 16.3. The van der Waals surface area contributed by atoms with Gasteiger partial charge in [0, 0.05) is 4.47 Å². The molecule has 0 aromatic heterocycles. The quantitative estimate of drug-likeness (QED) is 0.600. The second-order valence-corrected chi connectivity index (χ2v) is 7.32. The minimum atomic E-state index is -0.466. The van der Waals surface area contributed by atoms with Gasteiger partial charge in [-0.1, -0.05) is 41.9 Å². The summed E-state index contributed by atoms with van der Waals surface area (Å²) in [6.45, 7) is 5.82. The van der Waals surface area contributed by atoms with Crippen molar-refractivity contribution in [3.63, 3.8) is 0 Å². The summed E-state index contributed by atoms with van der Waals surface area (Å²) >= 11 is 3.40. The second kappa shape index (κ2) is 10.7. The number of halogens is 1. The number of nitrogens with one attached hydrogen (secondary N) is 2. The van der Waals surface area contributed by atoms with Crippen LogP contribution in [-0.4, -0.2) is 25.0 Å². The maximum absolute atomic E-state index is 11.8. The minimum Gasteiger partial charge on any atom is -0.484 e. The Labute approximate surface area is 173 Å². The molecule has 0 unspecified atom stereocenters. The molecule has 0 heterocycles. The lowest BCUT2D eigenvalue weighted by atomic mass is 9.99. The van der Waals surface area contributed by atoms with Crippen molar-refractivity contribution in [2.45, 2.75) is 33.1 Å². The molecule has 0 aliphatic rings. The average molecular weight is 449 g/mol. The summed E-state index contributed by atoms with van der Waals surface area (Å²) < 4.78 is 11.8. The Kier molecular flexibility index (Phi) is 8.32. The standard InChI is InChI=1S/C21H25BrN2O4/c1-4-14(2)16-5-7-17(8-6-16)27-12-20(25)23-24-21(26)13-28-18-9-10-19(22)15(3)11-18/h5-11,14H,4,12-13H2,1-3H3,(H,23,25)(H,24,26)/t14-/m0/s1. The molecule has 0 spiro atoms. The summed E-state index contributed by atoms with van der Waals surface area (Å²) in [6, 6.07) is 13.1. The Morgan fingerprint density at radius 1 is 0.964 bits per heavy atom. The largest absolute Gasteiger partial charge is 0.484 e. The third kappa shape index (κ3) is 6.88. The minimum absolute atomic E-state index is 0.199. The Hall–Kier alpha value is -2.54. The Balaban J connectivity index is 1.68. The second-order valence-electron chi connectivity index (χ2n) is 6.46. The van der Waals surface area contributed by atoms with Crippen LogP contribution in [0.25, 0.3) is 0 Å². The molecule has 2 N–H and O–H groups in total. The van der Waals surface area contributed by atoms with Crippen LogP contribution in [-0.2, 0) is 9.59 Å². The highest BCUT2D eigenvalue weighted by Gasteiger charge is 2.08. The van der Waals surface area contributed by atoms with Gasteiger partial charge in [0.2, 0.25) is 0 Å². The van der Waals surface area contributed by atoms with Gasteiger partial charge in [-0.2, -0.15) is 0 Å². The van der Waals surface area contributed by atoms with E-state index in [-0.39, 0.29) is 13.2 Å². The molecule has 150 valence electrons. The molecule has 0 saturated heterocycles. The molecular formula is C21H25BrN2O4. The van der Waals surface area contributed by atoms with E-state index in [1.54, 1.807) is 6.07 Å². The Bertz CT molecular complexity index is 809. The highest BCUT2D eigenvalue weighted by atomic mass is 79.9. The first-order chi connectivity index (χ1) is 13.4. The highest BCUT2D eigenvalue weighted by molar-refractivity contribution is 9.10. The zero-order valence-corrected chi connectivity index (χ0v) is 17.8. The van der Waals surface area contributed by atoms with E-state index in [1.807, 2.05) is 43.3 Å². The van der Waals surface area contributed by atoms with Crippen LogP contribution in [0.15, 0.2) is 46.9 Å². The zero-order chi connectivity index (χ0) is 20.5. The van der Waals surface area contributed by atoms with Gasteiger partial charge < -0.3 is 9.47 Å². The van der Waals surface area contributed by atoms with Gasteiger partial charge in [-0.15, -0.1) is 0 Å². The van der Waals surface area contributed by atoms with Crippen LogP contribution in [0.3, 0.4) is 0 Å². The summed E-state index contributed by atoms with van der Waals surface area (Å²) in [5, 5.41) is 0. The fourth-order valence-corrected chi connectivity index (χ4v) is 2.59. The third-order valence-corrected chi connectivity index (χ3v) is 5.16. The molecular weight excluding hydrogens is 424 g/mol. The molecule has 28 heavy (non-hydrogen) atoms. The van der Waals surface area contributed by atoms with Crippen LogP contribution in [0.4, 0.5) is 0 Å². The van der Waals surface area contributed by atoms with Gasteiger partial charge in [-0.05, 0) is 60.7 Å². The van der Waals surface area contributed by atoms with Crippen LogP contribution in [0, 0.1) is 6.92 Å². The van der Waals surface area contributed by atoms with Crippen molar-refractivity contribution in [2.75, 3.05) is 13.2 Å². The van der Waals surface area contributed by atoms with Crippen molar-refractivity contribution in [3.05, 3.63) is 58.1 Å².